The smallest absolute Gasteiger partial charge is 0.250 e. The molecule has 3 N–H and O–H groups in total. The Kier molecular flexibility index (Phi) is 5.01. The minimum Gasteiger partial charge on any atom is -0.497 e. The Morgan fingerprint density at radius 2 is 2.00 bits per heavy atom. The summed E-state index contributed by atoms with van der Waals surface area (Å²) in [4.78, 5) is 20.8. The second kappa shape index (κ2) is 7.77. The van der Waals surface area contributed by atoms with Crippen molar-refractivity contribution in [2.24, 2.45) is 5.73 Å². The Hall–Kier alpha value is -3.64. The Balaban J connectivity index is 1.91. The van der Waals surface area contributed by atoms with Gasteiger partial charge in [-0.1, -0.05) is 17.7 Å². The zero-order valence-corrected chi connectivity index (χ0v) is 16.3. The van der Waals surface area contributed by atoms with Crippen LogP contribution in [-0.4, -0.2) is 23.0 Å². The number of carbonyl (C=O) groups is 1. The fourth-order valence-corrected chi connectivity index (χ4v) is 3.24. The molecule has 4 aromatic rings. The van der Waals surface area contributed by atoms with E-state index in [9.17, 15) is 4.79 Å². The van der Waals surface area contributed by atoms with Crippen LogP contribution in [0.3, 0.4) is 0 Å². The van der Waals surface area contributed by atoms with Gasteiger partial charge in [0.25, 0.3) is 5.91 Å². The maximum atomic E-state index is 11.9. The van der Waals surface area contributed by atoms with E-state index in [-0.39, 0.29) is 5.56 Å². The number of hydrogen-bond donors (Lipinski definition) is 2. The van der Waals surface area contributed by atoms with Gasteiger partial charge in [0.15, 0.2) is 0 Å². The molecule has 0 radical (unpaired) electrons. The van der Waals surface area contributed by atoms with Crippen LogP contribution in [0.5, 0.6) is 5.75 Å². The van der Waals surface area contributed by atoms with Gasteiger partial charge in [0.1, 0.15) is 11.6 Å². The second-order valence-corrected chi connectivity index (χ2v) is 6.80. The number of halogens is 1. The number of nitrogens with one attached hydrogen (secondary N) is 1. The summed E-state index contributed by atoms with van der Waals surface area (Å²) in [5.41, 5.74) is 7.94. The SMILES string of the molecule is COc1ccc2cc(-c3cccnc3)nc(Nc3ccc(Cl)cc3C(N)=O)c2c1. The first kappa shape index (κ1) is 18.7. The number of aromatic nitrogens is 2. The number of nitrogens with two attached hydrogens (primary N) is 1. The van der Waals surface area contributed by atoms with Crippen molar-refractivity contribution in [3.63, 3.8) is 0 Å². The van der Waals surface area contributed by atoms with Crippen LogP contribution in [0.1, 0.15) is 10.4 Å². The van der Waals surface area contributed by atoms with E-state index in [0.717, 1.165) is 22.0 Å². The lowest BCUT2D eigenvalue weighted by atomic mass is 10.1. The Morgan fingerprint density at radius 1 is 1.14 bits per heavy atom. The number of primary amides is 1. The van der Waals surface area contributed by atoms with E-state index in [1.165, 1.54) is 6.07 Å². The standard InChI is InChI=1S/C22H17ClN4O2/c1-29-16-6-4-13-9-20(14-3-2-8-25-12-14)27-22(17(13)11-16)26-19-7-5-15(23)10-18(19)21(24)28/h2-12H,1H3,(H2,24,28)(H,26,27). The van der Waals surface area contributed by atoms with Gasteiger partial charge in [-0.25, -0.2) is 4.98 Å². The Morgan fingerprint density at radius 3 is 2.72 bits per heavy atom. The molecule has 0 aliphatic carbocycles. The number of nitrogens with zero attached hydrogens (tertiary/aromatic N) is 2. The van der Waals surface area contributed by atoms with E-state index >= 15 is 0 Å². The molecule has 0 unspecified atom stereocenters. The molecule has 7 heteroatoms. The van der Waals surface area contributed by atoms with Crippen molar-refractivity contribution in [2.45, 2.75) is 0 Å². The number of ether oxygens (including phenoxy) is 1. The molecule has 29 heavy (non-hydrogen) atoms. The van der Waals surface area contributed by atoms with Crippen LogP contribution >= 0.6 is 11.6 Å². The highest BCUT2D eigenvalue weighted by atomic mass is 35.5. The van der Waals surface area contributed by atoms with Crippen LogP contribution in [0.15, 0.2) is 67.0 Å². The average Bonchev–Trinajstić information content (AvgIpc) is 2.75. The molecule has 144 valence electrons. The number of carbonyl (C=O) groups excluding carboxylic acids is 1. The fourth-order valence-electron chi connectivity index (χ4n) is 3.07. The first-order valence-electron chi connectivity index (χ1n) is 8.81. The predicted octanol–water partition coefficient (Wildman–Crippen LogP) is 4.80. The zero-order valence-electron chi connectivity index (χ0n) is 15.5. The van der Waals surface area contributed by atoms with E-state index in [1.54, 1.807) is 31.6 Å². The highest BCUT2D eigenvalue weighted by molar-refractivity contribution is 6.31. The number of anilines is 2. The van der Waals surface area contributed by atoms with Gasteiger partial charge in [0, 0.05) is 28.4 Å². The van der Waals surface area contributed by atoms with Crippen LogP contribution in [0, 0.1) is 0 Å². The summed E-state index contributed by atoms with van der Waals surface area (Å²) in [6.45, 7) is 0. The van der Waals surface area contributed by atoms with Gasteiger partial charge in [0.2, 0.25) is 0 Å². The second-order valence-electron chi connectivity index (χ2n) is 6.36. The number of benzene rings is 2. The van der Waals surface area contributed by atoms with Gasteiger partial charge in [0.05, 0.1) is 24.1 Å². The first-order chi connectivity index (χ1) is 14.0. The molecule has 6 nitrogen and oxygen atoms in total. The van der Waals surface area contributed by atoms with Gasteiger partial charge in [-0.05, 0) is 53.9 Å². The predicted molar refractivity (Wildman–Crippen MR) is 115 cm³/mol. The third-order valence-corrected chi connectivity index (χ3v) is 4.73. The zero-order chi connectivity index (χ0) is 20.4. The number of amides is 1. The molecule has 1 amide bonds. The summed E-state index contributed by atoms with van der Waals surface area (Å²) in [7, 11) is 1.61. The summed E-state index contributed by atoms with van der Waals surface area (Å²) in [5, 5.41) is 5.45. The molecule has 2 aromatic carbocycles. The van der Waals surface area contributed by atoms with Crippen molar-refractivity contribution in [1.29, 1.82) is 0 Å². The first-order valence-corrected chi connectivity index (χ1v) is 9.18. The third kappa shape index (κ3) is 3.83. The lowest BCUT2D eigenvalue weighted by molar-refractivity contribution is 0.100. The average molecular weight is 405 g/mol. The van der Waals surface area contributed by atoms with Crippen molar-refractivity contribution >= 4 is 39.8 Å². The van der Waals surface area contributed by atoms with Crippen molar-refractivity contribution in [1.82, 2.24) is 9.97 Å². The molecule has 2 aromatic heterocycles. The van der Waals surface area contributed by atoms with E-state index in [1.807, 2.05) is 36.4 Å². The molecule has 0 aliphatic heterocycles. The molecule has 2 heterocycles. The molecule has 0 saturated carbocycles. The van der Waals surface area contributed by atoms with E-state index in [2.05, 4.69) is 10.3 Å². The number of methoxy groups -OCH3 is 1. The number of rotatable bonds is 5. The molecule has 4 rings (SSSR count). The minimum atomic E-state index is -0.583. The fraction of sp³-hybridized carbons (Fsp3) is 0.0455. The maximum Gasteiger partial charge on any atom is 0.250 e. The molecule has 0 aliphatic rings. The summed E-state index contributed by atoms with van der Waals surface area (Å²) < 4.78 is 5.36. The highest BCUT2D eigenvalue weighted by Crippen LogP contribution is 2.33. The van der Waals surface area contributed by atoms with Gasteiger partial charge in [-0.3, -0.25) is 9.78 Å². The van der Waals surface area contributed by atoms with E-state index < -0.39 is 5.91 Å². The summed E-state index contributed by atoms with van der Waals surface area (Å²) >= 11 is 6.03. The molecule has 0 fully saturated rings. The summed E-state index contributed by atoms with van der Waals surface area (Å²) in [6.07, 6.45) is 3.46. The van der Waals surface area contributed by atoms with Crippen LogP contribution < -0.4 is 15.8 Å². The number of pyridine rings is 2. The van der Waals surface area contributed by atoms with Crippen molar-refractivity contribution in [2.75, 3.05) is 12.4 Å². The van der Waals surface area contributed by atoms with Gasteiger partial charge >= 0.3 is 0 Å². The van der Waals surface area contributed by atoms with Crippen LogP contribution in [0.2, 0.25) is 5.02 Å². The van der Waals surface area contributed by atoms with Crippen LogP contribution in [-0.2, 0) is 0 Å². The van der Waals surface area contributed by atoms with Gasteiger partial charge < -0.3 is 15.8 Å². The largest absolute Gasteiger partial charge is 0.497 e. The lowest BCUT2D eigenvalue weighted by Crippen LogP contribution is -2.13. The van der Waals surface area contributed by atoms with Gasteiger partial charge in [-0.15, -0.1) is 0 Å². The molecular weight excluding hydrogens is 388 g/mol. The maximum absolute atomic E-state index is 11.9. The molecule has 0 bridgehead atoms. The topological polar surface area (TPSA) is 90.1 Å². The van der Waals surface area contributed by atoms with E-state index in [0.29, 0.717) is 22.3 Å². The summed E-state index contributed by atoms with van der Waals surface area (Å²) in [5.74, 6) is 0.674. The lowest BCUT2D eigenvalue weighted by Gasteiger charge is -2.14. The third-order valence-electron chi connectivity index (χ3n) is 4.50. The van der Waals surface area contributed by atoms with Crippen molar-refractivity contribution in [3.05, 3.63) is 77.6 Å². The molecule has 0 spiro atoms. The Bertz CT molecular complexity index is 1210. The van der Waals surface area contributed by atoms with Crippen LogP contribution in [0.4, 0.5) is 11.5 Å². The van der Waals surface area contributed by atoms with Gasteiger partial charge in [-0.2, -0.15) is 0 Å². The molecule has 0 atom stereocenters. The monoisotopic (exact) mass is 404 g/mol. The number of hydrogen-bond acceptors (Lipinski definition) is 5. The van der Waals surface area contributed by atoms with Crippen molar-refractivity contribution in [3.8, 4) is 17.0 Å². The molecular formula is C22H17ClN4O2. The summed E-state index contributed by atoms with van der Waals surface area (Å²) in [6, 6.07) is 16.4. The normalized spacial score (nSPS) is 10.7. The minimum absolute atomic E-state index is 0.280. The van der Waals surface area contributed by atoms with Crippen LogP contribution in [0.25, 0.3) is 22.0 Å². The number of fused-ring (bicyclic) bond motifs is 1. The van der Waals surface area contributed by atoms with Crippen molar-refractivity contribution < 1.29 is 9.53 Å². The Labute approximate surface area is 172 Å². The highest BCUT2D eigenvalue weighted by Gasteiger charge is 2.14. The molecule has 0 saturated heterocycles. The van der Waals surface area contributed by atoms with E-state index in [4.69, 9.17) is 27.1 Å². The quantitative estimate of drug-likeness (QED) is 0.498.